The SMILES string of the molecule is CN(CCCCCO)C(=O)N1CCCCCC1C(=O)O. The highest BCUT2D eigenvalue weighted by atomic mass is 16.4. The molecular formula is C14H26N2O4. The third-order valence-electron chi connectivity index (χ3n) is 3.76. The van der Waals surface area contributed by atoms with Gasteiger partial charge >= 0.3 is 12.0 Å². The van der Waals surface area contributed by atoms with Crippen molar-refractivity contribution in [1.82, 2.24) is 9.80 Å². The number of urea groups is 1. The van der Waals surface area contributed by atoms with Gasteiger partial charge in [-0.15, -0.1) is 0 Å². The highest BCUT2D eigenvalue weighted by Crippen LogP contribution is 2.18. The molecule has 2 amide bonds. The summed E-state index contributed by atoms with van der Waals surface area (Å²) in [4.78, 5) is 26.8. The molecule has 1 fully saturated rings. The maximum Gasteiger partial charge on any atom is 0.326 e. The van der Waals surface area contributed by atoms with Gasteiger partial charge in [0.15, 0.2) is 0 Å². The lowest BCUT2D eigenvalue weighted by atomic mass is 10.1. The number of amides is 2. The van der Waals surface area contributed by atoms with Crippen molar-refractivity contribution in [3.63, 3.8) is 0 Å². The molecule has 6 nitrogen and oxygen atoms in total. The van der Waals surface area contributed by atoms with E-state index in [4.69, 9.17) is 5.11 Å². The van der Waals surface area contributed by atoms with Gasteiger partial charge in [0.2, 0.25) is 0 Å². The van der Waals surface area contributed by atoms with E-state index in [9.17, 15) is 14.7 Å². The van der Waals surface area contributed by atoms with Gasteiger partial charge in [-0.1, -0.05) is 12.8 Å². The van der Waals surface area contributed by atoms with Gasteiger partial charge in [0.05, 0.1) is 0 Å². The van der Waals surface area contributed by atoms with Crippen LogP contribution < -0.4 is 0 Å². The van der Waals surface area contributed by atoms with Crippen molar-refractivity contribution in [3.05, 3.63) is 0 Å². The summed E-state index contributed by atoms with van der Waals surface area (Å²) < 4.78 is 0. The quantitative estimate of drug-likeness (QED) is 0.726. The van der Waals surface area contributed by atoms with Crippen molar-refractivity contribution in [2.24, 2.45) is 0 Å². The molecule has 0 aliphatic carbocycles. The average molecular weight is 286 g/mol. The summed E-state index contributed by atoms with van der Waals surface area (Å²) in [6.07, 6.45) is 5.69. The van der Waals surface area contributed by atoms with Gasteiger partial charge in [0.1, 0.15) is 6.04 Å². The molecule has 116 valence electrons. The molecule has 0 aromatic carbocycles. The number of hydrogen-bond donors (Lipinski definition) is 2. The van der Waals surface area contributed by atoms with Crippen molar-refractivity contribution >= 4 is 12.0 Å². The van der Waals surface area contributed by atoms with E-state index in [-0.39, 0.29) is 12.6 Å². The zero-order valence-corrected chi connectivity index (χ0v) is 12.3. The number of carboxylic acid groups (broad SMARTS) is 1. The van der Waals surface area contributed by atoms with Gasteiger partial charge in [-0.2, -0.15) is 0 Å². The average Bonchev–Trinajstić information content (AvgIpc) is 2.68. The van der Waals surface area contributed by atoms with Crippen LogP contribution in [-0.2, 0) is 4.79 Å². The van der Waals surface area contributed by atoms with E-state index in [0.29, 0.717) is 19.5 Å². The Kier molecular flexibility index (Phi) is 7.36. The van der Waals surface area contributed by atoms with Crippen molar-refractivity contribution in [2.75, 3.05) is 26.7 Å². The lowest BCUT2D eigenvalue weighted by molar-refractivity contribution is -0.142. The van der Waals surface area contributed by atoms with Crippen LogP contribution in [-0.4, -0.2) is 64.8 Å². The Morgan fingerprint density at radius 3 is 2.60 bits per heavy atom. The van der Waals surface area contributed by atoms with E-state index in [1.54, 1.807) is 11.9 Å². The fourth-order valence-electron chi connectivity index (χ4n) is 2.55. The Hall–Kier alpha value is -1.30. The summed E-state index contributed by atoms with van der Waals surface area (Å²) in [6, 6.07) is -0.881. The maximum atomic E-state index is 12.4. The van der Waals surface area contributed by atoms with E-state index in [2.05, 4.69) is 0 Å². The zero-order chi connectivity index (χ0) is 15.0. The molecule has 0 aromatic heterocycles. The molecule has 0 aromatic rings. The number of aliphatic hydroxyl groups excluding tert-OH is 1. The first-order valence-corrected chi connectivity index (χ1v) is 7.43. The molecule has 2 N–H and O–H groups in total. The molecule has 0 bridgehead atoms. The minimum Gasteiger partial charge on any atom is -0.480 e. The van der Waals surface area contributed by atoms with Crippen molar-refractivity contribution in [1.29, 1.82) is 0 Å². The zero-order valence-electron chi connectivity index (χ0n) is 12.3. The predicted molar refractivity (Wildman–Crippen MR) is 75.6 cm³/mol. The molecule has 1 rings (SSSR count). The van der Waals surface area contributed by atoms with Crippen LogP contribution in [0.3, 0.4) is 0 Å². The van der Waals surface area contributed by atoms with Crippen molar-refractivity contribution < 1.29 is 19.8 Å². The summed E-state index contributed by atoms with van der Waals surface area (Å²) in [5, 5.41) is 18.0. The summed E-state index contributed by atoms with van der Waals surface area (Å²) in [5.74, 6) is -0.908. The van der Waals surface area contributed by atoms with Crippen LogP contribution in [0.5, 0.6) is 0 Å². The largest absolute Gasteiger partial charge is 0.480 e. The molecule has 0 spiro atoms. The molecule has 1 saturated heterocycles. The number of nitrogens with zero attached hydrogens (tertiary/aromatic N) is 2. The van der Waals surface area contributed by atoms with Gasteiger partial charge in [-0.3, -0.25) is 0 Å². The highest BCUT2D eigenvalue weighted by molar-refractivity contribution is 5.82. The van der Waals surface area contributed by atoms with Crippen LogP contribution in [0.25, 0.3) is 0 Å². The first-order chi connectivity index (χ1) is 9.57. The molecule has 1 aliphatic heterocycles. The number of hydrogen-bond acceptors (Lipinski definition) is 3. The van der Waals surface area contributed by atoms with Gasteiger partial charge in [-0.25, -0.2) is 9.59 Å². The fourth-order valence-corrected chi connectivity index (χ4v) is 2.55. The Morgan fingerprint density at radius 1 is 1.20 bits per heavy atom. The number of aliphatic carboxylic acids is 1. The van der Waals surface area contributed by atoms with Gasteiger partial charge in [0, 0.05) is 26.7 Å². The molecule has 1 heterocycles. The third kappa shape index (κ3) is 5.00. The summed E-state index contributed by atoms with van der Waals surface area (Å²) >= 11 is 0. The molecule has 1 aliphatic rings. The lowest BCUT2D eigenvalue weighted by Gasteiger charge is -2.31. The van der Waals surface area contributed by atoms with Crippen molar-refractivity contribution in [2.45, 2.75) is 51.0 Å². The number of rotatable bonds is 6. The van der Waals surface area contributed by atoms with Crippen LogP contribution in [0.2, 0.25) is 0 Å². The number of carboxylic acids is 1. The van der Waals surface area contributed by atoms with E-state index < -0.39 is 12.0 Å². The fraction of sp³-hybridized carbons (Fsp3) is 0.857. The number of unbranched alkanes of at least 4 members (excludes halogenated alkanes) is 2. The van der Waals surface area contributed by atoms with Crippen molar-refractivity contribution in [3.8, 4) is 0 Å². The summed E-state index contributed by atoms with van der Waals surface area (Å²) in [6.45, 7) is 1.29. The van der Waals surface area contributed by atoms with Gasteiger partial charge in [0.25, 0.3) is 0 Å². The highest BCUT2D eigenvalue weighted by Gasteiger charge is 2.32. The lowest BCUT2D eigenvalue weighted by Crippen LogP contribution is -2.50. The predicted octanol–water partition coefficient (Wildman–Crippen LogP) is 1.53. The Labute approximate surface area is 120 Å². The standard InChI is InChI=1S/C14H26N2O4/c1-15(9-5-3-7-11-17)14(20)16-10-6-2-4-8-12(16)13(18)19/h12,17H,2-11H2,1H3,(H,18,19). The second kappa shape index (κ2) is 8.79. The molecule has 1 atom stereocenters. The third-order valence-corrected chi connectivity index (χ3v) is 3.76. The van der Waals surface area contributed by atoms with E-state index in [0.717, 1.165) is 38.5 Å². The van der Waals surface area contributed by atoms with E-state index >= 15 is 0 Å². The number of likely N-dealkylation sites (tertiary alicyclic amines) is 1. The number of carbonyl (C=O) groups is 2. The van der Waals surface area contributed by atoms with Crippen LogP contribution in [0.15, 0.2) is 0 Å². The van der Waals surface area contributed by atoms with Crippen LogP contribution in [0.4, 0.5) is 4.79 Å². The minimum atomic E-state index is -0.908. The topological polar surface area (TPSA) is 81.1 Å². The second-order valence-electron chi connectivity index (χ2n) is 5.39. The Balaban J connectivity index is 2.54. The van der Waals surface area contributed by atoms with E-state index in [1.807, 2.05) is 0 Å². The van der Waals surface area contributed by atoms with Gasteiger partial charge < -0.3 is 20.0 Å². The first-order valence-electron chi connectivity index (χ1n) is 7.43. The second-order valence-corrected chi connectivity index (χ2v) is 5.39. The smallest absolute Gasteiger partial charge is 0.326 e. The molecule has 0 radical (unpaired) electrons. The first kappa shape index (κ1) is 16.8. The Bertz CT molecular complexity index is 322. The van der Waals surface area contributed by atoms with Crippen LogP contribution in [0.1, 0.15) is 44.9 Å². The molecule has 0 saturated carbocycles. The molecule has 1 unspecified atom stereocenters. The summed E-state index contributed by atoms with van der Waals surface area (Å²) in [5.41, 5.74) is 0. The normalized spacial score (nSPS) is 19.5. The molecule has 20 heavy (non-hydrogen) atoms. The monoisotopic (exact) mass is 286 g/mol. The van der Waals surface area contributed by atoms with Gasteiger partial charge in [-0.05, 0) is 32.1 Å². The van der Waals surface area contributed by atoms with Crippen LogP contribution >= 0.6 is 0 Å². The summed E-state index contributed by atoms with van der Waals surface area (Å²) in [7, 11) is 1.71. The molecular weight excluding hydrogens is 260 g/mol. The number of aliphatic hydroxyl groups is 1. The maximum absolute atomic E-state index is 12.4. The number of carbonyl (C=O) groups excluding carboxylic acids is 1. The minimum absolute atomic E-state index is 0.172. The Morgan fingerprint density at radius 2 is 1.95 bits per heavy atom. The van der Waals surface area contributed by atoms with E-state index in [1.165, 1.54) is 4.90 Å². The molecule has 6 heteroatoms. The van der Waals surface area contributed by atoms with Crippen LogP contribution in [0, 0.1) is 0 Å².